The van der Waals surface area contributed by atoms with Gasteiger partial charge < -0.3 is 15.1 Å². The van der Waals surface area contributed by atoms with Gasteiger partial charge in [-0.25, -0.2) is 0 Å². The van der Waals surface area contributed by atoms with Gasteiger partial charge in [-0.15, -0.1) is 0 Å². The zero-order chi connectivity index (χ0) is 11.7. The first-order valence-corrected chi connectivity index (χ1v) is 5.52. The molecule has 4 heteroatoms. The Labute approximate surface area is 98.6 Å². The Morgan fingerprint density at radius 3 is 2.82 bits per heavy atom. The highest BCUT2D eigenvalue weighted by molar-refractivity contribution is 6.02. The average molecular weight is 228 g/mol. The Hall–Kier alpha value is -2.23. The average Bonchev–Trinajstić information content (AvgIpc) is 2.78. The summed E-state index contributed by atoms with van der Waals surface area (Å²) in [6.45, 7) is 0. The second kappa shape index (κ2) is 3.97. The van der Waals surface area contributed by atoms with Gasteiger partial charge in [0.15, 0.2) is 0 Å². The normalized spacial score (nSPS) is 18.1. The van der Waals surface area contributed by atoms with Gasteiger partial charge in [0.05, 0.1) is 6.26 Å². The van der Waals surface area contributed by atoms with E-state index in [0.717, 1.165) is 5.56 Å². The third-order valence-electron chi connectivity index (χ3n) is 2.83. The molecular weight excluding hydrogens is 216 g/mol. The third-order valence-corrected chi connectivity index (χ3v) is 2.83. The van der Waals surface area contributed by atoms with E-state index in [2.05, 4.69) is 10.6 Å². The SMILES string of the molecule is O=C1Nc2ccoc2N[C@H]1Cc1ccccc1. The van der Waals surface area contributed by atoms with Crippen LogP contribution in [0.1, 0.15) is 5.56 Å². The topological polar surface area (TPSA) is 54.3 Å². The molecule has 0 unspecified atom stereocenters. The predicted octanol–water partition coefficient (Wildman–Crippen LogP) is 2.25. The minimum atomic E-state index is -0.281. The van der Waals surface area contributed by atoms with Gasteiger partial charge in [0.25, 0.3) is 0 Å². The number of nitrogens with one attached hydrogen (secondary N) is 2. The molecule has 1 aromatic carbocycles. The zero-order valence-corrected chi connectivity index (χ0v) is 9.14. The molecule has 1 amide bonds. The van der Waals surface area contributed by atoms with Crippen molar-refractivity contribution < 1.29 is 9.21 Å². The maximum Gasteiger partial charge on any atom is 0.247 e. The smallest absolute Gasteiger partial charge is 0.247 e. The predicted molar refractivity (Wildman–Crippen MR) is 64.9 cm³/mol. The summed E-state index contributed by atoms with van der Waals surface area (Å²) < 4.78 is 5.25. The van der Waals surface area contributed by atoms with Crippen molar-refractivity contribution in [3.63, 3.8) is 0 Å². The van der Waals surface area contributed by atoms with Crippen molar-refractivity contribution in [2.24, 2.45) is 0 Å². The van der Waals surface area contributed by atoms with E-state index in [1.165, 1.54) is 0 Å². The molecule has 1 atom stereocenters. The molecule has 2 aromatic rings. The number of benzene rings is 1. The van der Waals surface area contributed by atoms with Crippen molar-refractivity contribution >= 4 is 17.5 Å². The van der Waals surface area contributed by atoms with E-state index in [0.29, 0.717) is 18.0 Å². The summed E-state index contributed by atoms with van der Waals surface area (Å²) >= 11 is 0. The lowest BCUT2D eigenvalue weighted by Crippen LogP contribution is -2.39. The monoisotopic (exact) mass is 228 g/mol. The van der Waals surface area contributed by atoms with Gasteiger partial charge >= 0.3 is 0 Å². The summed E-state index contributed by atoms with van der Waals surface area (Å²) in [5.41, 5.74) is 1.83. The summed E-state index contributed by atoms with van der Waals surface area (Å²) in [5, 5.41) is 5.91. The zero-order valence-electron chi connectivity index (χ0n) is 9.14. The maximum absolute atomic E-state index is 11.8. The fraction of sp³-hybridized carbons (Fsp3) is 0.154. The standard InChI is InChI=1S/C13H12N2O2/c16-12-11(8-9-4-2-1-3-5-9)15-13-10(14-12)6-7-17-13/h1-7,11,15H,8H2,(H,14,16)/t11-/m0/s1. The van der Waals surface area contributed by atoms with E-state index in [-0.39, 0.29) is 11.9 Å². The molecule has 86 valence electrons. The Balaban J connectivity index is 1.79. The summed E-state index contributed by atoms with van der Waals surface area (Å²) in [4.78, 5) is 11.8. The number of carbonyl (C=O) groups excluding carboxylic acids is 1. The molecule has 2 heterocycles. The van der Waals surface area contributed by atoms with Crippen molar-refractivity contribution in [2.45, 2.75) is 12.5 Å². The molecule has 2 N–H and O–H groups in total. The summed E-state index contributed by atoms with van der Waals surface area (Å²) in [6, 6.07) is 11.4. The van der Waals surface area contributed by atoms with E-state index >= 15 is 0 Å². The first kappa shape index (κ1) is 9.96. The van der Waals surface area contributed by atoms with Gasteiger partial charge in [0, 0.05) is 12.5 Å². The Bertz CT molecular complexity index is 533. The van der Waals surface area contributed by atoms with Crippen molar-refractivity contribution in [3.05, 3.63) is 48.2 Å². The van der Waals surface area contributed by atoms with Crippen LogP contribution in [0.2, 0.25) is 0 Å². The van der Waals surface area contributed by atoms with Crippen molar-refractivity contribution in [1.29, 1.82) is 0 Å². The van der Waals surface area contributed by atoms with Crippen molar-refractivity contribution in [2.75, 3.05) is 10.6 Å². The molecule has 0 saturated carbocycles. The molecule has 1 aromatic heterocycles. The molecule has 17 heavy (non-hydrogen) atoms. The molecule has 1 aliphatic rings. The second-order valence-electron chi connectivity index (χ2n) is 4.04. The van der Waals surface area contributed by atoms with Crippen LogP contribution in [-0.2, 0) is 11.2 Å². The lowest BCUT2D eigenvalue weighted by Gasteiger charge is -2.23. The highest BCUT2D eigenvalue weighted by Crippen LogP contribution is 2.28. The Morgan fingerprint density at radius 1 is 1.18 bits per heavy atom. The summed E-state index contributed by atoms with van der Waals surface area (Å²) in [7, 11) is 0. The third kappa shape index (κ3) is 1.89. The van der Waals surface area contributed by atoms with Gasteiger partial charge in [-0.3, -0.25) is 4.79 Å². The number of hydrogen-bond donors (Lipinski definition) is 2. The lowest BCUT2D eigenvalue weighted by molar-refractivity contribution is -0.117. The fourth-order valence-electron chi connectivity index (χ4n) is 1.96. The van der Waals surface area contributed by atoms with Gasteiger partial charge in [-0.05, 0) is 5.56 Å². The van der Waals surface area contributed by atoms with Crippen LogP contribution in [0.4, 0.5) is 11.6 Å². The number of anilines is 2. The number of hydrogen-bond acceptors (Lipinski definition) is 3. The molecule has 0 fully saturated rings. The van der Waals surface area contributed by atoms with Crippen LogP contribution in [0.3, 0.4) is 0 Å². The van der Waals surface area contributed by atoms with Gasteiger partial charge in [-0.2, -0.15) is 0 Å². The second-order valence-corrected chi connectivity index (χ2v) is 4.04. The van der Waals surface area contributed by atoms with Crippen LogP contribution in [0, 0.1) is 0 Å². The molecule has 0 radical (unpaired) electrons. The van der Waals surface area contributed by atoms with E-state index in [9.17, 15) is 4.79 Å². The van der Waals surface area contributed by atoms with Crippen LogP contribution in [0.25, 0.3) is 0 Å². The molecule has 0 bridgehead atoms. The van der Waals surface area contributed by atoms with E-state index in [4.69, 9.17) is 4.42 Å². The summed E-state index contributed by atoms with van der Waals surface area (Å²) in [5.74, 6) is 0.605. The quantitative estimate of drug-likeness (QED) is 0.828. The minimum absolute atomic E-state index is 0.0252. The molecule has 0 aliphatic carbocycles. The van der Waals surface area contributed by atoms with Gasteiger partial charge in [0.2, 0.25) is 11.8 Å². The maximum atomic E-state index is 11.8. The van der Waals surface area contributed by atoms with Crippen LogP contribution in [-0.4, -0.2) is 11.9 Å². The molecule has 3 rings (SSSR count). The minimum Gasteiger partial charge on any atom is -0.447 e. The number of amides is 1. The van der Waals surface area contributed by atoms with Gasteiger partial charge in [-0.1, -0.05) is 30.3 Å². The molecule has 0 spiro atoms. The largest absolute Gasteiger partial charge is 0.447 e. The summed E-state index contributed by atoms with van der Waals surface area (Å²) in [6.07, 6.45) is 2.20. The van der Waals surface area contributed by atoms with E-state index in [1.807, 2.05) is 30.3 Å². The van der Waals surface area contributed by atoms with Crippen LogP contribution >= 0.6 is 0 Å². The highest BCUT2D eigenvalue weighted by atomic mass is 16.3. The molecule has 4 nitrogen and oxygen atoms in total. The van der Waals surface area contributed by atoms with E-state index in [1.54, 1.807) is 12.3 Å². The lowest BCUT2D eigenvalue weighted by atomic mass is 10.0. The molecule has 0 saturated heterocycles. The number of carbonyl (C=O) groups is 1. The van der Waals surface area contributed by atoms with Gasteiger partial charge in [0.1, 0.15) is 11.7 Å². The number of rotatable bonds is 2. The van der Waals surface area contributed by atoms with Crippen LogP contribution in [0.15, 0.2) is 47.1 Å². The number of fused-ring (bicyclic) bond motifs is 1. The van der Waals surface area contributed by atoms with E-state index < -0.39 is 0 Å². The van der Waals surface area contributed by atoms with Crippen LogP contribution < -0.4 is 10.6 Å². The van der Waals surface area contributed by atoms with Crippen molar-refractivity contribution in [1.82, 2.24) is 0 Å². The first-order chi connectivity index (χ1) is 8.33. The fourth-order valence-corrected chi connectivity index (χ4v) is 1.96. The number of furan rings is 1. The molecule has 1 aliphatic heterocycles. The van der Waals surface area contributed by atoms with Crippen LogP contribution in [0.5, 0.6) is 0 Å². The van der Waals surface area contributed by atoms with Crippen molar-refractivity contribution in [3.8, 4) is 0 Å². The first-order valence-electron chi connectivity index (χ1n) is 5.52. The highest BCUT2D eigenvalue weighted by Gasteiger charge is 2.27. The Kier molecular flexibility index (Phi) is 2.33. The Morgan fingerprint density at radius 2 is 2.00 bits per heavy atom. The molecular formula is C13H12N2O2.